The van der Waals surface area contributed by atoms with Crippen molar-refractivity contribution >= 4 is 16.1 Å². The van der Waals surface area contributed by atoms with Crippen LogP contribution in [-0.4, -0.2) is 62.7 Å². The van der Waals surface area contributed by atoms with Gasteiger partial charge in [0.1, 0.15) is 0 Å². The van der Waals surface area contributed by atoms with Gasteiger partial charge in [0.2, 0.25) is 5.91 Å². The second kappa shape index (κ2) is 7.18. The fourth-order valence-electron chi connectivity index (χ4n) is 2.14. The summed E-state index contributed by atoms with van der Waals surface area (Å²) in [6, 6.07) is -0.164. The summed E-state index contributed by atoms with van der Waals surface area (Å²) in [6.45, 7) is 1.17. The number of amides is 1. The maximum Gasteiger partial charge on any atom is 0.281 e. The van der Waals surface area contributed by atoms with Crippen molar-refractivity contribution in [3.63, 3.8) is 0 Å². The fraction of sp³-hybridized carbons (Fsp3) is 0.909. The quantitative estimate of drug-likeness (QED) is 0.664. The highest BCUT2D eigenvalue weighted by atomic mass is 32.2. The van der Waals surface area contributed by atoms with Crippen LogP contribution >= 0.6 is 0 Å². The Balaban J connectivity index is 2.66. The van der Waals surface area contributed by atoms with Crippen LogP contribution in [0.2, 0.25) is 0 Å². The molecule has 0 aromatic heterocycles. The molecule has 0 spiro atoms. The lowest BCUT2D eigenvalue weighted by atomic mass is 10.1. The van der Waals surface area contributed by atoms with Gasteiger partial charge < -0.3 is 11.1 Å². The standard InChI is InChI=1S/C11H24N4O3S/c1-14(2)19(17,18)15-8-4-3-5-10(15)9-13-11(16)6-7-12/h10H,3-9,12H2,1-2H3,(H,13,16). The molecule has 0 bridgehead atoms. The molecule has 1 aliphatic rings. The van der Waals surface area contributed by atoms with E-state index < -0.39 is 10.2 Å². The smallest absolute Gasteiger partial charge is 0.281 e. The van der Waals surface area contributed by atoms with Crippen molar-refractivity contribution in [3.05, 3.63) is 0 Å². The zero-order valence-corrected chi connectivity index (χ0v) is 12.4. The minimum Gasteiger partial charge on any atom is -0.354 e. The molecule has 0 aliphatic carbocycles. The topological polar surface area (TPSA) is 95.7 Å². The van der Waals surface area contributed by atoms with E-state index in [9.17, 15) is 13.2 Å². The number of carbonyl (C=O) groups excluding carboxylic acids is 1. The predicted octanol–water partition coefficient (Wildman–Crippen LogP) is -0.888. The fourth-order valence-corrected chi connectivity index (χ4v) is 3.48. The molecule has 1 atom stereocenters. The van der Waals surface area contributed by atoms with Gasteiger partial charge in [-0.05, 0) is 12.8 Å². The monoisotopic (exact) mass is 292 g/mol. The van der Waals surface area contributed by atoms with Crippen molar-refractivity contribution in [1.82, 2.24) is 13.9 Å². The van der Waals surface area contributed by atoms with Gasteiger partial charge in [0.25, 0.3) is 10.2 Å². The lowest BCUT2D eigenvalue weighted by Gasteiger charge is -2.36. The molecule has 0 saturated carbocycles. The van der Waals surface area contributed by atoms with Crippen LogP contribution in [-0.2, 0) is 15.0 Å². The van der Waals surface area contributed by atoms with Gasteiger partial charge in [-0.15, -0.1) is 0 Å². The molecule has 0 radical (unpaired) electrons. The Labute approximate surface area is 115 Å². The van der Waals surface area contributed by atoms with E-state index in [-0.39, 0.29) is 18.4 Å². The van der Waals surface area contributed by atoms with Gasteiger partial charge in [-0.3, -0.25) is 4.79 Å². The van der Waals surface area contributed by atoms with E-state index in [1.165, 1.54) is 22.7 Å². The molecule has 7 nitrogen and oxygen atoms in total. The summed E-state index contributed by atoms with van der Waals surface area (Å²) in [7, 11) is -0.375. The Bertz CT molecular complexity index is 397. The van der Waals surface area contributed by atoms with E-state index in [1.807, 2.05) is 0 Å². The number of nitrogens with one attached hydrogen (secondary N) is 1. The van der Waals surface area contributed by atoms with E-state index in [4.69, 9.17) is 5.73 Å². The van der Waals surface area contributed by atoms with Gasteiger partial charge in [0.15, 0.2) is 0 Å². The SMILES string of the molecule is CN(C)S(=O)(=O)N1CCCCC1CNC(=O)CCN. The Morgan fingerprint density at radius 3 is 2.68 bits per heavy atom. The zero-order valence-electron chi connectivity index (χ0n) is 11.6. The first-order valence-electron chi connectivity index (χ1n) is 6.55. The molecular weight excluding hydrogens is 268 g/mol. The summed E-state index contributed by atoms with van der Waals surface area (Å²) in [5.41, 5.74) is 5.30. The molecule has 1 aliphatic heterocycles. The van der Waals surface area contributed by atoms with Crippen molar-refractivity contribution < 1.29 is 13.2 Å². The van der Waals surface area contributed by atoms with Gasteiger partial charge in [0.05, 0.1) is 0 Å². The second-order valence-electron chi connectivity index (χ2n) is 4.89. The number of carbonyl (C=O) groups is 1. The maximum absolute atomic E-state index is 12.2. The van der Waals surface area contributed by atoms with Crippen molar-refractivity contribution in [2.45, 2.75) is 31.7 Å². The predicted molar refractivity (Wildman–Crippen MR) is 73.6 cm³/mol. The third-order valence-corrected chi connectivity index (χ3v) is 5.23. The zero-order chi connectivity index (χ0) is 14.5. The molecule has 1 unspecified atom stereocenters. The molecule has 1 heterocycles. The Kier molecular flexibility index (Phi) is 6.18. The Morgan fingerprint density at radius 2 is 2.11 bits per heavy atom. The van der Waals surface area contributed by atoms with Crippen LogP contribution in [0.25, 0.3) is 0 Å². The lowest BCUT2D eigenvalue weighted by Crippen LogP contribution is -2.52. The van der Waals surface area contributed by atoms with Crippen LogP contribution < -0.4 is 11.1 Å². The van der Waals surface area contributed by atoms with Crippen LogP contribution in [0, 0.1) is 0 Å². The lowest BCUT2D eigenvalue weighted by molar-refractivity contribution is -0.121. The van der Waals surface area contributed by atoms with Crippen LogP contribution in [0.4, 0.5) is 0 Å². The number of nitrogens with two attached hydrogens (primary N) is 1. The summed E-state index contributed by atoms with van der Waals surface area (Å²) in [5.74, 6) is -0.129. The Hall–Kier alpha value is -0.700. The highest BCUT2D eigenvalue weighted by Crippen LogP contribution is 2.21. The van der Waals surface area contributed by atoms with Crippen LogP contribution in [0.5, 0.6) is 0 Å². The molecular formula is C11H24N4O3S. The first-order valence-corrected chi connectivity index (χ1v) is 7.95. The number of rotatable bonds is 6. The first-order chi connectivity index (χ1) is 8.89. The van der Waals surface area contributed by atoms with Gasteiger partial charge in [-0.25, -0.2) is 0 Å². The van der Waals surface area contributed by atoms with Crippen LogP contribution in [0.1, 0.15) is 25.7 Å². The summed E-state index contributed by atoms with van der Waals surface area (Å²) in [5, 5.41) is 2.75. The van der Waals surface area contributed by atoms with E-state index >= 15 is 0 Å². The maximum atomic E-state index is 12.2. The van der Waals surface area contributed by atoms with Crippen molar-refractivity contribution in [2.24, 2.45) is 5.73 Å². The molecule has 0 aromatic carbocycles. The number of piperidine rings is 1. The average molecular weight is 292 g/mol. The van der Waals surface area contributed by atoms with Gasteiger partial charge in [0, 0.05) is 46.2 Å². The highest BCUT2D eigenvalue weighted by Gasteiger charge is 2.33. The molecule has 1 amide bonds. The molecule has 1 fully saturated rings. The average Bonchev–Trinajstić information content (AvgIpc) is 2.37. The van der Waals surface area contributed by atoms with Crippen molar-refractivity contribution in [2.75, 3.05) is 33.7 Å². The van der Waals surface area contributed by atoms with Gasteiger partial charge in [-0.2, -0.15) is 17.0 Å². The summed E-state index contributed by atoms with van der Waals surface area (Å²) >= 11 is 0. The van der Waals surface area contributed by atoms with Crippen molar-refractivity contribution in [3.8, 4) is 0 Å². The minimum absolute atomic E-state index is 0.129. The first kappa shape index (κ1) is 16.4. The third kappa shape index (κ3) is 4.41. The minimum atomic E-state index is -3.42. The van der Waals surface area contributed by atoms with Crippen LogP contribution in [0.15, 0.2) is 0 Å². The number of hydrogen-bond acceptors (Lipinski definition) is 4. The van der Waals surface area contributed by atoms with E-state index in [2.05, 4.69) is 5.32 Å². The molecule has 3 N–H and O–H groups in total. The summed E-state index contributed by atoms with van der Waals surface area (Å²) in [4.78, 5) is 11.4. The third-order valence-electron chi connectivity index (χ3n) is 3.24. The highest BCUT2D eigenvalue weighted by molar-refractivity contribution is 7.86. The molecule has 1 rings (SSSR count). The van der Waals surface area contributed by atoms with E-state index in [0.29, 0.717) is 19.6 Å². The van der Waals surface area contributed by atoms with Crippen LogP contribution in [0.3, 0.4) is 0 Å². The Morgan fingerprint density at radius 1 is 1.42 bits per heavy atom. The van der Waals surface area contributed by atoms with Crippen molar-refractivity contribution in [1.29, 1.82) is 0 Å². The number of hydrogen-bond donors (Lipinski definition) is 2. The normalized spacial score (nSPS) is 21.6. The largest absolute Gasteiger partial charge is 0.354 e. The molecule has 0 aromatic rings. The van der Waals surface area contributed by atoms with E-state index in [1.54, 1.807) is 0 Å². The van der Waals surface area contributed by atoms with E-state index in [0.717, 1.165) is 19.3 Å². The summed E-state index contributed by atoms with van der Waals surface area (Å²) in [6.07, 6.45) is 2.89. The molecule has 1 saturated heterocycles. The molecule has 19 heavy (non-hydrogen) atoms. The van der Waals surface area contributed by atoms with Gasteiger partial charge >= 0.3 is 0 Å². The number of nitrogens with zero attached hydrogens (tertiary/aromatic N) is 2. The molecule has 8 heteroatoms. The molecule has 112 valence electrons. The summed E-state index contributed by atoms with van der Waals surface area (Å²) < 4.78 is 27.1. The second-order valence-corrected chi connectivity index (χ2v) is 6.99. The van der Waals surface area contributed by atoms with Gasteiger partial charge in [-0.1, -0.05) is 6.42 Å².